The number of esters is 1. The zero-order chi connectivity index (χ0) is 15.4. The summed E-state index contributed by atoms with van der Waals surface area (Å²) >= 11 is 6.14. The minimum atomic E-state index is -0.503. The molecule has 2 rings (SSSR count). The minimum absolute atomic E-state index is 0.0582. The number of halogens is 1. The molecular weight excluding hydrogens is 296 g/mol. The van der Waals surface area contributed by atoms with E-state index in [-0.39, 0.29) is 12.2 Å². The molecule has 1 unspecified atom stereocenters. The van der Waals surface area contributed by atoms with Crippen molar-refractivity contribution >= 4 is 23.4 Å². The Morgan fingerprint density at radius 1 is 1.33 bits per heavy atom. The van der Waals surface area contributed by atoms with E-state index in [1.807, 2.05) is 0 Å². The molecule has 114 valence electrons. The number of carbonyl (C=O) groups is 2. The summed E-state index contributed by atoms with van der Waals surface area (Å²) in [4.78, 5) is 23.6. The fraction of sp³-hybridized carbons (Fsp3) is 0.467. The Morgan fingerprint density at radius 3 is 2.76 bits per heavy atom. The Morgan fingerprint density at radius 2 is 2.05 bits per heavy atom. The second kappa shape index (κ2) is 6.80. The van der Waals surface area contributed by atoms with Crippen LogP contribution in [0.2, 0.25) is 5.02 Å². The van der Waals surface area contributed by atoms with Crippen LogP contribution in [0.15, 0.2) is 12.1 Å². The van der Waals surface area contributed by atoms with E-state index in [0.717, 1.165) is 6.42 Å². The van der Waals surface area contributed by atoms with E-state index in [0.29, 0.717) is 35.3 Å². The third-order valence-electron chi connectivity index (χ3n) is 3.22. The van der Waals surface area contributed by atoms with Crippen molar-refractivity contribution in [3.8, 4) is 11.5 Å². The summed E-state index contributed by atoms with van der Waals surface area (Å²) in [5.74, 6) is -0.174. The fourth-order valence-corrected chi connectivity index (χ4v) is 2.34. The summed E-state index contributed by atoms with van der Waals surface area (Å²) in [6, 6.07) is 3.15. The molecule has 0 bridgehead atoms. The highest BCUT2D eigenvalue weighted by Crippen LogP contribution is 2.38. The van der Waals surface area contributed by atoms with Gasteiger partial charge in [0.25, 0.3) is 0 Å². The van der Waals surface area contributed by atoms with Crippen LogP contribution in [-0.2, 0) is 9.53 Å². The molecule has 0 aliphatic carbocycles. The third kappa shape index (κ3) is 3.67. The van der Waals surface area contributed by atoms with Gasteiger partial charge < -0.3 is 14.2 Å². The van der Waals surface area contributed by atoms with Crippen LogP contribution in [0.1, 0.15) is 30.1 Å². The van der Waals surface area contributed by atoms with Gasteiger partial charge in [-0.15, -0.1) is 0 Å². The standard InChI is InChI=1S/C15H17ClO5/c1-9(15(18)19-2)6-12(17)10-7-11(16)14-13(8-10)20-4-3-5-21-14/h7-9H,3-6H2,1-2H3. The monoisotopic (exact) mass is 312 g/mol. The maximum Gasteiger partial charge on any atom is 0.308 e. The van der Waals surface area contributed by atoms with Crippen molar-refractivity contribution in [2.75, 3.05) is 20.3 Å². The number of ether oxygens (including phenoxy) is 3. The maximum absolute atomic E-state index is 12.2. The first kappa shape index (κ1) is 15.6. The number of benzene rings is 1. The molecule has 1 atom stereocenters. The van der Waals surface area contributed by atoms with E-state index in [9.17, 15) is 9.59 Å². The summed E-state index contributed by atoms with van der Waals surface area (Å²) < 4.78 is 15.7. The largest absolute Gasteiger partial charge is 0.489 e. The van der Waals surface area contributed by atoms with E-state index in [4.69, 9.17) is 21.1 Å². The van der Waals surface area contributed by atoms with Gasteiger partial charge in [-0.2, -0.15) is 0 Å². The zero-order valence-electron chi connectivity index (χ0n) is 12.0. The van der Waals surface area contributed by atoms with Gasteiger partial charge in [-0.3, -0.25) is 9.59 Å². The molecule has 0 spiro atoms. The highest BCUT2D eigenvalue weighted by Gasteiger charge is 2.22. The van der Waals surface area contributed by atoms with E-state index in [1.54, 1.807) is 19.1 Å². The second-order valence-corrected chi connectivity index (χ2v) is 5.29. The van der Waals surface area contributed by atoms with Crippen LogP contribution in [0.3, 0.4) is 0 Å². The van der Waals surface area contributed by atoms with Crippen molar-refractivity contribution < 1.29 is 23.8 Å². The van der Waals surface area contributed by atoms with Crippen LogP contribution in [0, 0.1) is 5.92 Å². The zero-order valence-corrected chi connectivity index (χ0v) is 12.7. The van der Waals surface area contributed by atoms with Crippen LogP contribution in [0.4, 0.5) is 0 Å². The highest BCUT2D eigenvalue weighted by molar-refractivity contribution is 6.32. The molecule has 0 saturated carbocycles. The molecule has 6 heteroatoms. The predicted octanol–water partition coefficient (Wildman–Crippen LogP) is 2.88. The Bertz CT molecular complexity index is 555. The van der Waals surface area contributed by atoms with Crippen LogP contribution in [-0.4, -0.2) is 32.1 Å². The van der Waals surface area contributed by atoms with Crippen molar-refractivity contribution in [1.29, 1.82) is 0 Å². The average molecular weight is 313 g/mol. The molecule has 0 radical (unpaired) electrons. The molecule has 0 fully saturated rings. The summed E-state index contributed by atoms with van der Waals surface area (Å²) in [5.41, 5.74) is 0.403. The van der Waals surface area contributed by atoms with E-state index in [2.05, 4.69) is 4.74 Å². The van der Waals surface area contributed by atoms with Crippen molar-refractivity contribution in [3.63, 3.8) is 0 Å². The number of Topliss-reactive ketones (excluding diaryl/α,β-unsaturated/α-hetero) is 1. The second-order valence-electron chi connectivity index (χ2n) is 4.89. The molecule has 0 aromatic heterocycles. The van der Waals surface area contributed by atoms with Gasteiger partial charge in [-0.25, -0.2) is 0 Å². The molecule has 1 aliphatic heterocycles. The maximum atomic E-state index is 12.2. The van der Waals surface area contributed by atoms with Crippen molar-refractivity contribution in [2.24, 2.45) is 5.92 Å². The number of carbonyl (C=O) groups excluding carboxylic acids is 2. The number of ketones is 1. The quantitative estimate of drug-likeness (QED) is 0.632. The number of methoxy groups -OCH3 is 1. The Kier molecular flexibility index (Phi) is 5.07. The van der Waals surface area contributed by atoms with Gasteiger partial charge in [-0.05, 0) is 12.1 Å². The summed E-state index contributed by atoms with van der Waals surface area (Å²) in [5, 5.41) is 0.337. The lowest BCUT2D eigenvalue weighted by atomic mass is 9.99. The van der Waals surface area contributed by atoms with Crippen LogP contribution in [0.25, 0.3) is 0 Å². The molecule has 1 aromatic rings. The summed E-state index contributed by atoms with van der Waals surface area (Å²) in [6.45, 7) is 2.69. The third-order valence-corrected chi connectivity index (χ3v) is 3.50. The average Bonchev–Trinajstić information content (AvgIpc) is 2.71. The highest BCUT2D eigenvalue weighted by atomic mass is 35.5. The van der Waals surface area contributed by atoms with E-state index in [1.165, 1.54) is 7.11 Å². The smallest absolute Gasteiger partial charge is 0.308 e. The van der Waals surface area contributed by atoms with E-state index >= 15 is 0 Å². The molecule has 0 amide bonds. The van der Waals surface area contributed by atoms with Crippen molar-refractivity contribution in [1.82, 2.24) is 0 Å². The van der Waals surface area contributed by atoms with Gasteiger partial charge in [0.2, 0.25) is 0 Å². The topological polar surface area (TPSA) is 61.8 Å². The Balaban J connectivity index is 2.20. The lowest BCUT2D eigenvalue weighted by Gasteiger charge is -2.12. The molecule has 1 aliphatic rings. The van der Waals surface area contributed by atoms with Gasteiger partial charge >= 0.3 is 5.97 Å². The van der Waals surface area contributed by atoms with Crippen LogP contribution >= 0.6 is 11.6 Å². The first-order valence-electron chi connectivity index (χ1n) is 6.73. The van der Waals surface area contributed by atoms with Gasteiger partial charge in [0, 0.05) is 18.4 Å². The van der Waals surface area contributed by atoms with Gasteiger partial charge in [0.15, 0.2) is 17.3 Å². The molecular formula is C15H17ClO5. The lowest BCUT2D eigenvalue weighted by Crippen LogP contribution is -2.17. The van der Waals surface area contributed by atoms with Crippen molar-refractivity contribution in [3.05, 3.63) is 22.7 Å². The van der Waals surface area contributed by atoms with Crippen LogP contribution in [0.5, 0.6) is 11.5 Å². The first-order valence-corrected chi connectivity index (χ1v) is 7.11. The molecule has 1 aromatic carbocycles. The number of hydrogen-bond acceptors (Lipinski definition) is 5. The Hall–Kier alpha value is -1.75. The van der Waals surface area contributed by atoms with Gasteiger partial charge in [0.1, 0.15) is 0 Å². The minimum Gasteiger partial charge on any atom is -0.489 e. The van der Waals surface area contributed by atoms with Crippen molar-refractivity contribution in [2.45, 2.75) is 19.8 Å². The van der Waals surface area contributed by atoms with Crippen LogP contribution < -0.4 is 9.47 Å². The summed E-state index contributed by atoms with van der Waals surface area (Å²) in [7, 11) is 1.30. The first-order chi connectivity index (χ1) is 10.0. The number of fused-ring (bicyclic) bond motifs is 1. The molecule has 5 nitrogen and oxygen atoms in total. The Labute approximate surface area is 128 Å². The van der Waals surface area contributed by atoms with E-state index < -0.39 is 11.9 Å². The molecule has 1 heterocycles. The normalized spacial score (nSPS) is 15.0. The molecule has 21 heavy (non-hydrogen) atoms. The van der Waals surface area contributed by atoms with Gasteiger partial charge in [-0.1, -0.05) is 18.5 Å². The number of hydrogen-bond donors (Lipinski definition) is 0. The molecule has 0 N–H and O–H groups in total. The molecule has 0 saturated heterocycles. The number of rotatable bonds is 4. The summed E-state index contributed by atoms with van der Waals surface area (Å²) in [6.07, 6.45) is 0.816. The fourth-order valence-electron chi connectivity index (χ4n) is 2.07. The lowest BCUT2D eigenvalue weighted by molar-refractivity contribution is -0.144. The predicted molar refractivity (Wildman–Crippen MR) is 77.2 cm³/mol. The van der Waals surface area contributed by atoms with Gasteiger partial charge in [0.05, 0.1) is 31.3 Å². The SMILES string of the molecule is COC(=O)C(C)CC(=O)c1cc(Cl)c2c(c1)OCCCO2.